The SMILES string of the molecule is CC1CCN(CC(=O)N(C)CCO)CC1. The van der Waals surface area contributed by atoms with E-state index < -0.39 is 0 Å². The van der Waals surface area contributed by atoms with Crippen molar-refractivity contribution in [3.05, 3.63) is 0 Å². The molecule has 0 aromatic heterocycles. The summed E-state index contributed by atoms with van der Waals surface area (Å²) >= 11 is 0. The van der Waals surface area contributed by atoms with Crippen LogP contribution in [0.3, 0.4) is 0 Å². The van der Waals surface area contributed by atoms with Gasteiger partial charge in [0, 0.05) is 13.6 Å². The Morgan fingerprint density at radius 2 is 2.07 bits per heavy atom. The number of amides is 1. The number of nitrogens with zero attached hydrogens (tertiary/aromatic N) is 2. The monoisotopic (exact) mass is 214 g/mol. The van der Waals surface area contributed by atoms with Crippen molar-refractivity contribution >= 4 is 5.91 Å². The minimum Gasteiger partial charge on any atom is -0.395 e. The summed E-state index contributed by atoms with van der Waals surface area (Å²) in [4.78, 5) is 15.5. The fourth-order valence-corrected chi connectivity index (χ4v) is 1.81. The second-order valence-electron chi connectivity index (χ2n) is 4.50. The third-order valence-corrected chi connectivity index (χ3v) is 3.10. The first-order valence-corrected chi connectivity index (χ1v) is 5.70. The predicted molar refractivity (Wildman–Crippen MR) is 59.6 cm³/mol. The lowest BCUT2D eigenvalue weighted by Gasteiger charge is -2.30. The van der Waals surface area contributed by atoms with Crippen molar-refractivity contribution in [2.24, 2.45) is 5.92 Å². The number of carbonyl (C=O) groups is 1. The largest absolute Gasteiger partial charge is 0.395 e. The van der Waals surface area contributed by atoms with E-state index in [1.165, 1.54) is 12.8 Å². The zero-order valence-corrected chi connectivity index (χ0v) is 9.78. The number of piperidine rings is 1. The average Bonchev–Trinajstić information content (AvgIpc) is 2.22. The van der Waals surface area contributed by atoms with Crippen molar-refractivity contribution in [2.45, 2.75) is 19.8 Å². The average molecular weight is 214 g/mol. The predicted octanol–water partition coefficient (Wildman–Crippen LogP) is 0.169. The molecule has 1 aliphatic rings. The highest BCUT2D eigenvalue weighted by atomic mass is 16.3. The van der Waals surface area contributed by atoms with Gasteiger partial charge in [-0.15, -0.1) is 0 Å². The van der Waals surface area contributed by atoms with Crippen molar-refractivity contribution in [1.29, 1.82) is 0 Å². The topological polar surface area (TPSA) is 43.8 Å². The van der Waals surface area contributed by atoms with Gasteiger partial charge in [0.15, 0.2) is 0 Å². The minimum absolute atomic E-state index is 0.0409. The second kappa shape index (κ2) is 6.08. The molecule has 0 unspecified atom stereocenters. The van der Waals surface area contributed by atoms with E-state index in [1.54, 1.807) is 11.9 Å². The van der Waals surface area contributed by atoms with Gasteiger partial charge in [0.25, 0.3) is 0 Å². The number of aliphatic hydroxyl groups is 1. The van der Waals surface area contributed by atoms with Crippen LogP contribution in [0.4, 0.5) is 0 Å². The van der Waals surface area contributed by atoms with E-state index in [0.717, 1.165) is 19.0 Å². The molecule has 1 rings (SSSR count). The molecule has 0 aromatic rings. The first-order chi connectivity index (χ1) is 7.13. The molecule has 0 aliphatic carbocycles. The van der Waals surface area contributed by atoms with Crippen molar-refractivity contribution in [3.63, 3.8) is 0 Å². The Bertz CT molecular complexity index is 201. The fraction of sp³-hybridized carbons (Fsp3) is 0.909. The van der Waals surface area contributed by atoms with Gasteiger partial charge in [-0.2, -0.15) is 0 Å². The molecule has 1 aliphatic heterocycles. The summed E-state index contributed by atoms with van der Waals surface area (Å²) in [6.07, 6.45) is 2.38. The Labute approximate surface area is 91.9 Å². The number of hydrogen-bond acceptors (Lipinski definition) is 3. The Hall–Kier alpha value is -0.610. The maximum absolute atomic E-state index is 11.7. The molecule has 0 spiro atoms. The first kappa shape index (κ1) is 12.5. The van der Waals surface area contributed by atoms with Crippen LogP contribution in [0.25, 0.3) is 0 Å². The summed E-state index contributed by atoms with van der Waals surface area (Å²) in [6, 6.07) is 0. The third-order valence-electron chi connectivity index (χ3n) is 3.10. The summed E-state index contributed by atoms with van der Waals surface area (Å²) in [5.41, 5.74) is 0. The highest BCUT2D eigenvalue weighted by Gasteiger charge is 2.19. The molecule has 1 saturated heterocycles. The molecule has 1 amide bonds. The Kier molecular flexibility index (Phi) is 5.05. The minimum atomic E-state index is 0.0409. The van der Waals surface area contributed by atoms with E-state index in [0.29, 0.717) is 13.1 Å². The molecular weight excluding hydrogens is 192 g/mol. The van der Waals surface area contributed by atoms with Gasteiger partial charge in [-0.1, -0.05) is 6.92 Å². The van der Waals surface area contributed by atoms with Crippen LogP contribution in [0.1, 0.15) is 19.8 Å². The van der Waals surface area contributed by atoms with Crippen LogP contribution < -0.4 is 0 Å². The van der Waals surface area contributed by atoms with Crippen LogP contribution in [-0.4, -0.2) is 60.6 Å². The lowest BCUT2D eigenvalue weighted by atomic mass is 9.99. The van der Waals surface area contributed by atoms with Crippen molar-refractivity contribution in [2.75, 3.05) is 39.8 Å². The van der Waals surface area contributed by atoms with Gasteiger partial charge in [-0.25, -0.2) is 0 Å². The summed E-state index contributed by atoms with van der Waals surface area (Å²) in [5.74, 6) is 0.908. The number of likely N-dealkylation sites (N-methyl/N-ethyl adjacent to an activating group) is 1. The van der Waals surface area contributed by atoms with Crippen molar-refractivity contribution < 1.29 is 9.90 Å². The fourth-order valence-electron chi connectivity index (χ4n) is 1.81. The van der Waals surface area contributed by atoms with E-state index in [2.05, 4.69) is 11.8 Å². The lowest BCUT2D eigenvalue weighted by Crippen LogP contribution is -2.42. The first-order valence-electron chi connectivity index (χ1n) is 5.70. The standard InChI is InChI=1S/C11H22N2O2/c1-10-3-5-13(6-4-10)9-11(15)12(2)7-8-14/h10,14H,3-9H2,1-2H3. The summed E-state index contributed by atoms with van der Waals surface area (Å²) in [5, 5.41) is 8.72. The van der Waals surface area contributed by atoms with E-state index in [1.807, 2.05) is 0 Å². The number of aliphatic hydroxyl groups excluding tert-OH is 1. The van der Waals surface area contributed by atoms with Crippen LogP contribution in [0, 0.1) is 5.92 Å². The van der Waals surface area contributed by atoms with E-state index in [4.69, 9.17) is 5.11 Å². The van der Waals surface area contributed by atoms with Gasteiger partial charge in [-0.3, -0.25) is 9.69 Å². The molecule has 15 heavy (non-hydrogen) atoms. The highest BCUT2D eigenvalue weighted by molar-refractivity contribution is 5.77. The van der Waals surface area contributed by atoms with Gasteiger partial charge in [-0.05, 0) is 31.8 Å². The van der Waals surface area contributed by atoms with Crippen LogP contribution >= 0.6 is 0 Å². The molecule has 1 heterocycles. The van der Waals surface area contributed by atoms with Gasteiger partial charge in [0.2, 0.25) is 5.91 Å². The van der Waals surface area contributed by atoms with Crippen LogP contribution in [0.2, 0.25) is 0 Å². The molecule has 0 bridgehead atoms. The number of hydrogen-bond donors (Lipinski definition) is 1. The molecular formula is C11H22N2O2. The molecule has 0 saturated carbocycles. The third kappa shape index (κ3) is 4.18. The highest BCUT2D eigenvalue weighted by Crippen LogP contribution is 2.15. The molecule has 88 valence electrons. The van der Waals surface area contributed by atoms with Crippen LogP contribution in [0.5, 0.6) is 0 Å². The maximum Gasteiger partial charge on any atom is 0.236 e. The Morgan fingerprint density at radius 3 is 2.60 bits per heavy atom. The van der Waals surface area contributed by atoms with Gasteiger partial charge in [0.1, 0.15) is 0 Å². The molecule has 4 heteroatoms. The van der Waals surface area contributed by atoms with Crippen LogP contribution in [0.15, 0.2) is 0 Å². The Balaban J connectivity index is 2.25. The summed E-state index contributed by atoms with van der Waals surface area (Å²) < 4.78 is 0. The van der Waals surface area contributed by atoms with E-state index >= 15 is 0 Å². The molecule has 1 fully saturated rings. The lowest BCUT2D eigenvalue weighted by molar-refractivity contribution is -0.131. The smallest absolute Gasteiger partial charge is 0.236 e. The summed E-state index contributed by atoms with van der Waals surface area (Å²) in [7, 11) is 1.74. The molecule has 0 aromatic carbocycles. The van der Waals surface area contributed by atoms with Crippen LogP contribution in [-0.2, 0) is 4.79 Å². The van der Waals surface area contributed by atoms with Crippen molar-refractivity contribution in [1.82, 2.24) is 9.80 Å². The van der Waals surface area contributed by atoms with Gasteiger partial charge >= 0.3 is 0 Å². The normalized spacial score (nSPS) is 19.1. The molecule has 1 N–H and O–H groups in total. The summed E-state index contributed by atoms with van der Waals surface area (Å²) in [6.45, 7) is 5.29. The molecule has 4 nitrogen and oxygen atoms in total. The van der Waals surface area contributed by atoms with E-state index in [-0.39, 0.29) is 12.5 Å². The van der Waals surface area contributed by atoms with Crippen molar-refractivity contribution in [3.8, 4) is 0 Å². The second-order valence-corrected chi connectivity index (χ2v) is 4.50. The maximum atomic E-state index is 11.7. The Morgan fingerprint density at radius 1 is 1.47 bits per heavy atom. The van der Waals surface area contributed by atoms with Gasteiger partial charge < -0.3 is 10.0 Å². The zero-order valence-electron chi connectivity index (χ0n) is 9.78. The number of likely N-dealkylation sites (tertiary alicyclic amines) is 1. The molecule has 0 atom stereocenters. The van der Waals surface area contributed by atoms with Gasteiger partial charge in [0.05, 0.1) is 13.2 Å². The number of rotatable bonds is 4. The number of carbonyl (C=O) groups excluding carboxylic acids is 1. The molecule has 0 radical (unpaired) electrons. The zero-order chi connectivity index (χ0) is 11.3. The quantitative estimate of drug-likeness (QED) is 0.725. The van der Waals surface area contributed by atoms with E-state index in [9.17, 15) is 4.79 Å².